The average Bonchev–Trinajstić information content (AvgIpc) is 3.09. The second kappa shape index (κ2) is 11.6. The lowest BCUT2D eigenvalue weighted by atomic mass is 10.2. The van der Waals surface area contributed by atoms with Crippen molar-refractivity contribution >= 4 is 41.3 Å². The van der Waals surface area contributed by atoms with Crippen LogP contribution in [0, 0.1) is 6.92 Å². The number of aliphatic imine (C=N–C) groups is 1. The summed E-state index contributed by atoms with van der Waals surface area (Å²) in [6, 6.07) is 5.74. The average molecular weight is 446 g/mol. The van der Waals surface area contributed by atoms with Crippen LogP contribution in [-0.2, 0) is 11.3 Å². The first kappa shape index (κ1) is 24.5. The molecule has 0 aliphatic carbocycles. The molecule has 3 rings (SSSR count). The summed E-state index contributed by atoms with van der Waals surface area (Å²) in [5.41, 5.74) is 2.71. The number of aryl methyl sites for hydroxylation is 1. The molecule has 0 atom stereocenters. The van der Waals surface area contributed by atoms with Gasteiger partial charge in [0.1, 0.15) is 12.3 Å². The maximum absolute atomic E-state index is 12.9. The fourth-order valence-corrected chi connectivity index (χ4v) is 3.67. The van der Waals surface area contributed by atoms with Crippen LogP contribution in [0.15, 0.2) is 29.8 Å². The van der Waals surface area contributed by atoms with Crippen LogP contribution < -0.4 is 9.64 Å². The van der Waals surface area contributed by atoms with Crippen molar-refractivity contribution in [3.05, 3.63) is 41.1 Å². The highest BCUT2D eigenvalue weighted by molar-refractivity contribution is 6.32. The Hall–Kier alpha value is -2.80. The van der Waals surface area contributed by atoms with Gasteiger partial charge in [-0.1, -0.05) is 38.1 Å². The minimum atomic E-state index is 0.0315. The SMILES string of the molecule is C=Cc1c(C)nn(CC(=O)N2CCN(c3ccc(Cl)c(OC)c3)CC2)c1/N=C\C.CC. The standard InChI is InChI=1S/C21H26ClN5O2.C2H6/c1-5-17-15(3)24-27(21(17)23-6-2)14-20(28)26-11-9-25(10-12-26)16-7-8-18(22)19(13-16)29-4;1-2/h5-8,13H,1,9-12,14H2,2-4H3;1-2H3/b23-6-;. The number of ether oxygens (including phenoxy) is 1. The van der Waals surface area contributed by atoms with Gasteiger partial charge in [0, 0.05) is 49.7 Å². The van der Waals surface area contributed by atoms with Gasteiger partial charge in [-0.2, -0.15) is 5.10 Å². The lowest BCUT2D eigenvalue weighted by Gasteiger charge is -2.36. The lowest BCUT2D eigenvalue weighted by Crippen LogP contribution is -2.49. The molecular formula is C23H32ClN5O2. The number of hydrogen-bond acceptors (Lipinski definition) is 5. The largest absolute Gasteiger partial charge is 0.495 e. The smallest absolute Gasteiger partial charge is 0.244 e. The summed E-state index contributed by atoms with van der Waals surface area (Å²) < 4.78 is 6.96. The molecule has 0 N–H and O–H groups in total. The van der Waals surface area contributed by atoms with Crippen LogP contribution >= 0.6 is 11.6 Å². The summed E-state index contributed by atoms with van der Waals surface area (Å²) >= 11 is 6.11. The van der Waals surface area contributed by atoms with E-state index in [0.29, 0.717) is 29.7 Å². The Labute approximate surface area is 190 Å². The third-order valence-corrected chi connectivity index (χ3v) is 5.33. The molecule has 1 amide bonds. The normalized spacial score (nSPS) is 13.7. The lowest BCUT2D eigenvalue weighted by molar-refractivity contribution is -0.132. The van der Waals surface area contributed by atoms with E-state index in [1.807, 2.05) is 50.8 Å². The van der Waals surface area contributed by atoms with E-state index >= 15 is 0 Å². The van der Waals surface area contributed by atoms with Gasteiger partial charge < -0.3 is 14.5 Å². The molecule has 1 aliphatic heterocycles. The van der Waals surface area contributed by atoms with Gasteiger partial charge in [-0.25, -0.2) is 9.67 Å². The molecule has 0 saturated carbocycles. The molecule has 2 aromatic rings. The maximum Gasteiger partial charge on any atom is 0.244 e. The molecule has 0 spiro atoms. The van der Waals surface area contributed by atoms with E-state index in [-0.39, 0.29) is 12.5 Å². The fraction of sp³-hybridized carbons (Fsp3) is 0.435. The first-order valence-electron chi connectivity index (χ1n) is 10.5. The Bertz CT molecular complexity index is 930. The molecule has 1 aromatic carbocycles. The van der Waals surface area contributed by atoms with Crippen LogP contribution in [0.1, 0.15) is 32.0 Å². The quantitative estimate of drug-likeness (QED) is 0.610. The van der Waals surface area contributed by atoms with Gasteiger partial charge in [0.05, 0.1) is 17.8 Å². The van der Waals surface area contributed by atoms with Crippen LogP contribution in [0.5, 0.6) is 5.75 Å². The molecule has 7 nitrogen and oxygen atoms in total. The van der Waals surface area contributed by atoms with Crippen LogP contribution in [0.4, 0.5) is 11.5 Å². The summed E-state index contributed by atoms with van der Waals surface area (Å²) in [5.74, 6) is 1.35. The number of nitrogens with zero attached hydrogens (tertiary/aromatic N) is 5. The van der Waals surface area contributed by atoms with Crippen molar-refractivity contribution in [3.63, 3.8) is 0 Å². The van der Waals surface area contributed by atoms with E-state index in [4.69, 9.17) is 16.3 Å². The van der Waals surface area contributed by atoms with Gasteiger partial charge in [0.15, 0.2) is 5.82 Å². The van der Waals surface area contributed by atoms with Crippen molar-refractivity contribution in [2.75, 3.05) is 38.2 Å². The number of piperazine rings is 1. The van der Waals surface area contributed by atoms with Crippen LogP contribution in [0.3, 0.4) is 0 Å². The topological polar surface area (TPSA) is 63.0 Å². The zero-order valence-electron chi connectivity index (χ0n) is 19.1. The van der Waals surface area contributed by atoms with E-state index in [2.05, 4.69) is 21.6 Å². The third kappa shape index (κ3) is 5.67. The van der Waals surface area contributed by atoms with Gasteiger partial charge >= 0.3 is 0 Å². The highest BCUT2D eigenvalue weighted by Gasteiger charge is 2.23. The molecule has 8 heteroatoms. The summed E-state index contributed by atoms with van der Waals surface area (Å²) in [5, 5.41) is 5.06. The highest BCUT2D eigenvalue weighted by Crippen LogP contribution is 2.30. The summed E-state index contributed by atoms with van der Waals surface area (Å²) in [6.07, 6.45) is 3.42. The Morgan fingerprint density at radius 3 is 2.55 bits per heavy atom. The third-order valence-electron chi connectivity index (χ3n) is 5.02. The van der Waals surface area contributed by atoms with Gasteiger partial charge in [-0.15, -0.1) is 0 Å². The van der Waals surface area contributed by atoms with Gasteiger partial charge in [-0.3, -0.25) is 4.79 Å². The molecule has 2 heterocycles. The van der Waals surface area contributed by atoms with E-state index in [1.165, 1.54) is 0 Å². The molecule has 1 aromatic heterocycles. The zero-order valence-corrected chi connectivity index (χ0v) is 19.8. The molecule has 0 unspecified atom stereocenters. The van der Waals surface area contributed by atoms with E-state index in [0.717, 1.165) is 30.0 Å². The Morgan fingerprint density at radius 1 is 1.29 bits per heavy atom. The van der Waals surface area contributed by atoms with Gasteiger partial charge in [0.2, 0.25) is 5.91 Å². The van der Waals surface area contributed by atoms with E-state index < -0.39 is 0 Å². The van der Waals surface area contributed by atoms with Crippen LogP contribution in [-0.4, -0.2) is 60.1 Å². The molecule has 1 aliphatic rings. The van der Waals surface area contributed by atoms with Crippen LogP contribution in [0.25, 0.3) is 6.08 Å². The van der Waals surface area contributed by atoms with Gasteiger partial charge in [0.25, 0.3) is 0 Å². The van der Waals surface area contributed by atoms with Crippen molar-refractivity contribution in [2.45, 2.75) is 34.2 Å². The van der Waals surface area contributed by atoms with Crippen LogP contribution in [0.2, 0.25) is 5.02 Å². The van der Waals surface area contributed by atoms with Gasteiger partial charge in [-0.05, 0) is 26.0 Å². The van der Waals surface area contributed by atoms with E-state index in [1.54, 1.807) is 24.1 Å². The number of aromatic nitrogens is 2. The summed E-state index contributed by atoms with van der Waals surface area (Å²) in [7, 11) is 1.60. The fourth-order valence-electron chi connectivity index (χ4n) is 3.48. The second-order valence-electron chi connectivity index (χ2n) is 6.76. The molecule has 168 valence electrons. The number of amides is 1. The Balaban J connectivity index is 0.00000166. The van der Waals surface area contributed by atoms with Crippen molar-refractivity contribution in [1.29, 1.82) is 0 Å². The minimum absolute atomic E-state index is 0.0315. The number of methoxy groups -OCH3 is 1. The Morgan fingerprint density at radius 2 is 1.97 bits per heavy atom. The minimum Gasteiger partial charge on any atom is -0.495 e. The predicted octanol–water partition coefficient (Wildman–Crippen LogP) is 4.59. The molecule has 1 fully saturated rings. The molecule has 31 heavy (non-hydrogen) atoms. The highest BCUT2D eigenvalue weighted by atomic mass is 35.5. The van der Waals surface area contributed by atoms with E-state index in [9.17, 15) is 4.79 Å². The number of carbonyl (C=O) groups is 1. The number of benzene rings is 1. The molecule has 1 saturated heterocycles. The first-order valence-corrected chi connectivity index (χ1v) is 10.9. The monoisotopic (exact) mass is 445 g/mol. The molecule has 0 radical (unpaired) electrons. The number of halogens is 1. The maximum atomic E-state index is 12.9. The molecule has 0 bridgehead atoms. The summed E-state index contributed by atoms with van der Waals surface area (Å²) in [4.78, 5) is 21.3. The van der Waals surface area contributed by atoms with Crippen molar-refractivity contribution in [2.24, 2.45) is 4.99 Å². The summed E-state index contributed by atoms with van der Waals surface area (Å²) in [6.45, 7) is 14.5. The number of rotatable bonds is 6. The Kier molecular flexibility index (Phi) is 9.12. The number of carbonyl (C=O) groups excluding carboxylic acids is 1. The second-order valence-corrected chi connectivity index (χ2v) is 7.17. The predicted molar refractivity (Wildman–Crippen MR) is 129 cm³/mol. The van der Waals surface area contributed by atoms with Crippen molar-refractivity contribution < 1.29 is 9.53 Å². The molecular weight excluding hydrogens is 414 g/mol. The number of anilines is 1. The van der Waals surface area contributed by atoms with Crippen molar-refractivity contribution in [1.82, 2.24) is 14.7 Å². The zero-order chi connectivity index (χ0) is 23.0. The van der Waals surface area contributed by atoms with Crippen molar-refractivity contribution in [3.8, 4) is 5.75 Å². The number of hydrogen-bond donors (Lipinski definition) is 0. The first-order chi connectivity index (χ1) is 15.0.